The van der Waals surface area contributed by atoms with E-state index in [-0.39, 0.29) is 5.91 Å². The van der Waals surface area contributed by atoms with Crippen LogP contribution in [0.4, 0.5) is 5.69 Å². The molecule has 0 aliphatic rings. The average molecular weight is 285 g/mol. The van der Waals surface area contributed by atoms with Crippen molar-refractivity contribution >= 4 is 23.2 Å². The fourth-order valence-corrected chi connectivity index (χ4v) is 1.75. The highest BCUT2D eigenvalue weighted by Crippen LogP contribution is 2.20. The van der Waals surface area contributed by atoms with E-state index in [1.54, 1.807) is 25.2 Å². The molecule has 0 bridgehead atoms. The number of nitrogens with one attached hydrogen (secondary N) is 2. The molecule has 0 spiro atoms. The van der Waals surface area contributed by atoms with Crippen LogP contribution in [-0.2, 0) is 4.74 Å². The number of carbonyl (C=O) groups is 1. The number of ether oxygens (including phenoxy) is 1. The zero-order valence-corrected chi connectivity index (χ0v) is 12.4. The van der Waals surface area contributed by atoms with Crippen molar-refractivity contribution in [2.24, 2.45) is 5.92 Å². The van der Waals surface area contributed by atoms with E-state index in [9.17, 15) is 4.79 Å². The molecule has 5 heteroatoms. The molecule has 4 nitrogen and oxygen atoms in total. The van der Waals surface area contributed by atoms with Gasteiger partial charge in [-0.2, -0.15) is 0 Å². The third-order valence-electron chi connectivity index (χ3n) is 2.48. The molecule has 0 aliphatic heterocycles. The lowest BCUT2D eigenvalue weighted by atomic mass is 10.1. The smallest absolute Gasteiger partial charge is 0.253 e. The third-order valence-corrected chi connectivity index (χ3v) is 2.71. The van der Waals surface area contributed by atoms with E-state index in [1.807, 2.05) is 0 Å². The summed E-state index contributed by atoms with van der Waals surface area (Å²) in [5.74, 6) is 0.347. The number of rotatable bonds is 7. The Morgan fingerprint density at radius 1 is 1.42 bits per heavy atom. The summed E-state index contributed by atoms with van der Waals surface area (Å²) in [4.78, 5) is 12.0. The highest BCUT2D eigenvalue weighted by atomic mass is 35.5. The molecule has 0 atom stereocenters. The predicted molar refractivity (Wildman–Crippen MR) is 79.0 cm³/mol. The van der Waals surface area contributed by atoms with Crippen molar-refractivity contribution in [3.05, 3.63) is 28.8 Å². The van der Waals surface area contributed by atoms with Crippen LogP contribution in [0.3, 0.4) is 0 Å². The summed E-state index contributed by atoms with van der Waals surface area (Å²) in [6.07, 6.45) is 0. The first-order chi connectivity index (χ1) is 9.04. The second-order valence-electron chi connectivity index (χ2n) is 4.66. The Hall–Kier alpha value is -1.26. The van der Waals surface area contributed by atoms with Crippen LogP contribution in [-0.4, -0.2) is 32.7 Å². The van der Waals surface area contributed by atoms with E-state index in [4.69, 9.17) is 16.3 Å². The summed E-state index contributed by atoms with van der Waals surface area (Å²) in [7, 11) is 1.77. The topological polar surface area (TPSA) is 50.4 Å². The Labute approximate surface area is 119 Å². The van der Waals surface area contributed by atoms with Gasteiger partial charge in [0, 0.05) is 30.9 Å². The summed E-state index contributed by atoms with van der Waals surface area (Å²) in [5.41, 5.74) is 1.30. The van der Waals surface area contributed by atoms with E-state index in [0.29, 0.717) is 36.3 Å². The van der Waals surface area contributed by atoms with Gasteiger partial charge in [0.2, 0.25) is 0 Å². The van der Waals surface area contributed by atoms with Crippen molar-refractivity contribution in [1.82, 2.24) is 5.32 Å². The normalized spacial score (nSPS) is 10.6. The Bertz CT molecular complexity index is 422. The lowest BCUT2D eigenvalue weighted by Crippen LogP contribution is -2.28. The van der Waals surface area contributed by atoms with Crippen molar-refractivity contribution < 1.29 is 9.53 Å². The zero-order valence-electron chi connectivity index (χ0n) is 11.6. The summed E-state index contributed by atoms with van der Waals surface area (Å²) in [6.45, 7) is 5.88. The van der Waals surface area contributed by atoms with Crippen molar-refractivity contribution in [3.8, 4) is 0 Å². The van der Waals surface area contributed by atoms with E-state index >= 15 is 0 Å². The maximum atomic E-state index is 12.0. The van der Waals surface area contributed by atoms with Gasteiger partial charge in [-0.15, -0.1) is 0 Å². The molecule has 0 aromatic heterocycles. The minimum atomic E-state index is -0.153. The third kappa shape index (κ3) is 5.49. The molecular weight excluding hydrogens is 264 g/mol. The lowest BCUT2D eigenvalue weighted by molar-refractivity contribution is 0.0887. The molecule has 1 aromatic carbocycles. The molecule has 0 unspecified atom stereocenters. The van der Waals surface area contributed by atoms with Gasteiger partial charge >= 0.3 is 0 Å². The van der Waals surface area contributed by atoms with Crippen LogP contribution in [0.1, 0.15) is 24.2 Å². The number of hydrogen-bond acceptors (Lipinski definition) is 3. The van der Waals surface area contributed by atoms with Crippen molar-refractivity contribution in [3.63, 3.8) is 0 Å². The first-order valence-corrected chi connectivity index (χ1v) is 6.75. The summed E-state index contributed by atoms with van der Waals surface area (Å²) >= 11 is 5.90. The fourth-order valence-electron chi connectivity index (χ4n) is 1.57. The van der Waals surface area contributed by atoms with Crippen LogP contribution in [0.5, 0.6) is 0 Å². The number of carbonyl (C=O) groups excluding carboxylic acids is 1. The number of amides is 1. The number of anilines is 1. The molecule has 19 heavy (non-hydrogen) atoms. The minimum absolute atomic E-state index is 0.153. The zero-order chi connectivity index (χ0) is 14.3. The van der Waals surface area contributed by atoms with Gasteiger partial charge in [0.15, 0.2) is 0 Å². The number of benzene rings is 1. The molecule has 1 amide bonds. The van der Waals surface area contributed by atoms with Gasteiger partial charge in [0.1, 0.15) is 0 Å². The molecule has 0 saturated carbocycles. The monoisotopic (exact) mass is 284 g/mol. The maximum absolute atomic E-state index is 12.0. The SMILES string of the molecule is CNc1ccc(Cl)cc1C(=O)NCCOCC(C)C. The van der Waals surface area contributed by atoms with Gasteiger partial charge in [-0.3, -0.25) is 4.79 Å². The van der Waals surface area contributed by atoms with Crippen molar-refractivity contribution in [2.45, 2.75) is 13.8 Å². The molecular formula is C14H21ClN2O2. The quantitative estimate of drug-likeness (QED) is 0.757. The van der Waals surface area contributed by atoms with Crippen molar-refractivity contribution in [1.29, 1.82) is 0 Å². The van der Waals surface area contributed by atoms with Crippen LogP contribution >= 0.6 is 11.6 Å². The Kier molecular flexibility index (Phi) is 6.67. The molecule has 106 valence electrons. The van der Waals surface area contributed by atoms with Crippen LogP contribution < -0.4 is 10.6 Å². The average Bonchev–Trinajstić information content (AvgIpc) is 2.37. The minimum Gasteiger partial charge on any atom is -0.387 e. The molecule has 0 saturated heterocycles. The fraction of sp³-hybridized carbons (Fsp3) is 0.500. The predicted octanol–water partition coefficient (Wildman–Crippen LogP) is 2.78. The molecule has 0 aliphatic carbocycles. The molecule has 1 aromatic rings. The number of halogens is 1. The summed E-state index contributed by atoms with van der Waals surface area (Å²) in [6, 6.07) is 5.18. The first kappa shape index (κ1) is 15.8. The Morgan fingerprint density at radius 2 is 2.16 bits per heavy atom. The molecule has 0 heterocycles. The van der Waals surface area contributed by atoms with Crippen LogP contribution in [0.2, 0.25) is 5.02 Å². The highest BCUT2D eigenvalue weighted by molar-refractivity contribution is 6.31. The highest BCUT2D eigenvalue weighted by Gasteiger charge is 2.10. The first-order valence-electron chi connectivity index (χ1n) is 6.37. The van der Waals surface area contributed by atoms with Crippen LogP contribution in [0, 0.1) is 5.92 Å². The van der Waals surface area contributed by atoms with Crippen molar-refractivity contribution in [2.75, 3.05) is 32.1 Å². The lowest BCUT2D eigenvalue weighted by Gasteiger charge is -2.11. The standard InChI is InChI=1S/C14H21ClN2O2/c1-10(2)9-19-7-6-17-14(18)12-8-11(15)4-5-13(12)16-3/h4-5,8,10,16H,6-7,9H2,1-3H3,(H,17,18). The number of hydrogen-bond donors (Lipinski definition) is 2. The van der Waals surface area contributed by atoms with Crippen LogP contribution in [0.25, 0.3) is 0 Å². The van der Waals surface area contributed by atoms with Gasteiger partial charge < -0.3 is 15.4 Å². The van der Waals surface area contributed by atoms with Gasteiger partial charge in [0.05, 0.1) is 12.2 Å². The van der Waals surface area contributed by atoms with Gasteiger partial charge in [-0.1, -0.05) is 25.4 Å². The molecule has 1 rings (SSSR count). The maximum Gasteiger partial charge on any atom is 0.253 e. The Morgan fingerprint density at radius 3 is 2.79 bits per heavy atom. The summed E-state index contributed by atoms with van der Waals surface area (Å²) < 4.78 is 5.41. The summed E-state index contributed by atoms with van der Waals surface area (Å²) in [5, 5.41) is 6.32. The van der Waals surface area contributed by atoms with E-state index in [2.05, 4.69) is 24.5 Å². The second-order valence-corrected chi connectivity index (χ2v) is 5.10. The molecule has 0 fully saturated rings. The van der Waals surface area contributed by atoms with Gasteiger partial charge in [0.25, 0.3) is 5.91 Å². The largest absolute Gasteiger partial charge is 0.387 e. The van der Waals surface area contributed by atoms with Gasteiger partial charge in [-0.05, 0) is 24.1 Å². The second kappa shape index (κ2) is 8.02. The van der Waals surface area contributed by atoms with E-state index in [0.717, 1.165) is 5.69 Å². The van der Waals surface area contributed by atoms with Crippen LogP contribution in [0.15, 0.2) is 18.2 Å². The molecule has 2 N–H and O–H groups in total. The molecule has 0 radical (unpaired) electrons. The van der Waals surface area contributed by atoms with E-state index < -0.39 is 0 Å². The Balaban J connectivity index is 2.47. The van der Waals surface area contributed by atoms with E-state index in [1.165, 1.54) is 0 Å². The van der Waals surface area contributed by atoms with Gasteiger partial charge in [-0.25, -0.2) is 0 Å².